The summed E-state index contributed by atoms with van der Waals surface area (Å²) in [5.74, 6) is -0.175. The molecule has 0 rings (SSSR count). The van der Waals surface area contributed by atoms with E-state index < -0.39 is 0 Å². The first kappa shape index (κ1) is 7.21. The fraction of sp³-hybridized carbons (Fsp3) is 0.500. The van der Waals surface area contributed by atoms with E-state index >= 15 is 0 Å². The average Bonchev–Trinajstić information content (AvgIpc) is 1.65. The van der Waals surface area contributed by atoms with Crippen LogP contribution in [0.3, 0.4) is 0 Å². The van der Waals surface area contributed by atoms with Crippen molar-refractivity contribution in [3.05, 3.63) is 6.42 Å². The van der Waals surface area contributed by atoms with Crippen LogP contribution in [0.2, 0.25) is 0 Å². The van der Waals surface area contributed by atoms with Crippen molar-refractivity contribution in [2.75, 3.05) is 0 Å². The Labute approximate surface area is 48.9 Å². The highest BCUT2D eigenvalue weighted by atomic mass is 16.1. The zero-order chi connectivity index (χ0) is 6.57. The summed E-state index contributed by atoms with van der Waals surface area (Å²) < 4.78 is 0. The molecule has 0 aliphatic heterocycles. The molecule has 0 saturated carbocycles. The van der Waals surface area contributed by atoms with Crippen LogP contribution in [0.25, 0.3) is 0 Å². The van der Waals surface area contributed by atoms with Crippen LogP contribution < -0.4 is 0 Å². The molecule has 2 heteroatoms. The zero-order valence-electron chi connectivity index (χ0n) is 5.10. The number of carbonyl (C=O) groups excluding carboxylic acids is 2. The lowest BCUT2D eigenvalue weighted by atomic mass is 10.2. The number of rotatable bonds is 3. The first-order chi connectivity index (χ1) is 3.66. The van der Waals surface area contributed by atoms with Crippen molar-refractivity contribution in [1.29, 1.82) is 0 Å². The van der Waals surface area contributed by atoms with Crippen molar-refractivity contribution >= 4 is 11.6 Å². The van der Waals surface area contributed by atoms with Crippen molar-refractivity contribution in [1.82, 2.24) is 0 Å². The summed E-state index contributed by atoms with van der Waals surface area (Å²) in [7, 11) is 0. The molecule has 0 aliphatic rings. The van der Waals surface area contributed by atoms with E-state index in [1.54, 1.807) is 6.92 Å². The molecule has 0 aromatic heterocycles. The van der Waals surface area contributed by atoms with Gasteiger partial charge < -0.3 is 0 Å². The van der Waals surface area contributed by atoms with Gasteiger partial charge in [-0.3, -0.25) is 4.79 Å². The summed E-state index contributed by atoms with van der Waals surface area (Å²) in [6, 6.07) is 0. The van der Waals surface area contributed by atoms with E-state index in [0.717, 1.165) is 0 Å². The van der Waals surface area contributed by atoms with Gasteiger partial charge in [0, 0.05) is 0 Å². The Kier molecular flexibility index (Phi) is 2.92. The highest BCUT2D eigenvalue weighted by Gasteiger charge is 2.08. The normalized spacial score (nSPS) is 8.25. The molecule has 0 aromatic rings. The number of carbonyl (C=O) groups is 2. The molecule has 8 heavy (non-hydrogen) atoms. The highest BCUT2D eigenvalue weighted by Crippen LogP contribution is 1.86. The topological polar surface area (TPSA) is 34.1 Å². The molecule has 0 unspecified atom stereocenters. The van der Waals surface area contributed by atoms with E-state index in [4.69, 9.17) is 0 Å². The van der Waals surface area contributed by atoms with Crippen LogP contribution >= 0.6 is 0 Å². The summed E-state index contributed by atoms with van der Waals surface area (Å²) in [4.78, 5) is 20.5. The Morgan fingerprint density at radius 2 is 2.00 bits per heavy atom. The molecule has 2 nitrogen and oxygen atoms in total. The van der Waals surface area contributed by atoms with Gasteiger partial charge >= 0.3 is 5.78 Å². The van der Waals surface area contributed by atoms with Crippen LogP contribution in [0, 0.1) is 6.42 Å². The second-order valence-electron chi connectivity index (χ2n) is 1.63. The lowest BCUT2D eigenvalue weighted by Gasteiger charge is -1.79. The Bertz CT molecular complexity index is 105. The summed E-state index contributed by atoms with van der Waals surface area (Å²) in [6.45, 7) is 3.03. The standard InChI is InChI=1S/C6H9O2/c1-3-6(8)4-5(2)7/h3H,4H2,1-2H3/q+1. The van der Waals surface area contributed by atoms with E-state index in [1.807, 2.05) is 0 Å². The number of Topliss-reactive ketones (excluding diaryl/α,β-unsaturated/α-hetero) is 2. The van der Waals surface area contributed by atoms with Crippen LogP contribution in [0.1, 0.15) is 20.3 Å². The van der Waals surface area contributed by atoms with Crippen LogP contribution in [-0.4, -0.2) is 11.6 Å². The molecule has 0 fully saturated rings. The Balaban J connectivity index is 3.40. The minimum Gasteiger partial charge on any atom is -0.299 e. The molecule has 0 saturated heterocycles. The monoisotopic (exact) mass is 113 g/mol. The summed E-state index contributed by atoms with van der Waals surface area (Å²) in [5.41, 5.74) is 0. The van der Waals surface area contributed by atoms with Crippen LogP contribution in [0.15, 0.2) is 0 Å². The number of hydrogen-bond acceptors (Lipinski definition) is 2. The molecule has 0 bridgehead atoms. The van der Waals surface area contributed by atoms with Crippen LogP contribution in [0.5, 0.6) is 0 Å². The molecule has 0 atom stereocenters. The first-order valence-corrected chi connectivity index (χ1v) is 2.48. The molecule has 0 N–H and O–H groups in total. The van der Waals surface area contributed by atoms with Crippen LogP contribution in [0.4, 0.5) is 0 Å². The predicted molar refractivity (Wildman–Crippen MR) is 30.3 cm³/mol. The molecule has 0 radical (unpaired) electrons. The van der Waals surface area contributed by atoms with Gasteiger partial charge in [0.05, 0.1) is 6.92 Å². The maximum atomic E-state index is 10.3. The van der Waals surface area contributed by atoms with Crippen molar-refractivity contribution in [3.8, 4) is 0 Å². The van der Waals surface area contributed by atoms with E-state index in [2.05, 4.69) is 0 Å². The summed E-state index contributed by atoms with van der Waals surface area (Å²) in [6.07, 6.45) is 1.46. The van der Waals surface area contributed by atoms with Gasteiger partial charge in [0.25, 0.3) is 0 Å². The largest absolute Gasteiger partial charge is 0.313 e. The predicted octanol–water partition coefficient (Wildman–Crippen LogP) is 0.759. The lowest BCUT2D eigenvalue weighted by Crippen LogP contribution is -2.01. The number of hydrogen-bond donors (Lipinski definition) is 0. The number of ketones is 2. The third-order valence-corrected chi connectivity index (χ3v) is 0.745. The second kappa shape index (κ2) is 3.24. The molecule has 0 spiro atoms. The fourth-order valence-electron chi connectivity index (χ4n) is 0.347. The molecular formula is C6H9O2+. The van der Waals surface area contributed by atoms with Crippen molar-refractivity contribution in [2.24, 2.45) is 0 Å². The van der Waals surface area contributed by atoms with Gasteiger partial charge in [-0.1, -0.05) is 0 Å². The molecule has 0 aromatic carbocycles. The van der Waals surface area contributed by atoms with Gasteiger partial charge in [-0.25, -0.2) is 4.79 Å². The summed E-state index contributed by atoms with van der Waals surface area (Å²) in [5, 5.41) is 0. The van der Waals surface area contributed by atoms with Gasteiger partial charge in [0.2, 0.25) is 0 Å². The van der Waals surface area contributed by atoms with Gasteiger partial charge in [-0.2, -0.15) is 0 Å². The van der Waals surface area contributed by atoms with Crippen molar-refractivity contribution < 1.29 is 9.59 Å². The minimum absolute atomic E-state index is 0.0521. The quantitative estimate of drug-likeness (QED) is 0.400. The van der Waals surface area contributed by atoms with Crippen LogP contribution in [-0.2, 0) is 9.59 Å². The maximum absolute atomic E-state index is 10.3. The van der Waals surface area contributed by atoms with E-state index in [-0.39, 0.29) is 18.0 Å². The minimum atomic E-state index is -0.0995. The maximum Gasteiger partial charge on any atom is 0.313 e. The third kappa shape index (κ3) is 3.40. The second-order valence-corrected chi connectivity index (χ2v) is 1.63. The van der Waals surface area contributed by atoms with Gasteiger partial charge in [-0.15, -0.1) is 0 Å². The third-order valence-electron chi connectivity index (χ3n) is 0.745. The Morgan fingerprint density at radius 3 is 2.12 bits per heavy atom. The average molecular weight is 113 g/mol. The SMILES string of the molecule is C[CH+]C(=O)CC(C)=O. The Morgan fingerprint density at radius 1 is 1.50 bits per heavy atom. The van der Waals surface area contributed by atoms with Crippen molar-refractivity contribution in [3.63, 3.8) is 0 Å². The Hall–Kier alpha value is -0.790. The van der Waals surface area contributed by atoms with Gasteiger partial charge in [0.1, 0.15) is 18.6 Å². The van der Waals surface area contributed by atoms with E-state index in [9.17, 15) is 9.59 Å². The zero-order valence-corrected chi connectivity index (χ0v) is 5.10. The highest BCUT2D eigenvalue weighted by molar-refractivity contribution is 6.01. The van der Waals surface area contributed by atoms with Gasteiger partial charge in [0.15, 0.2) is 0 Å². The summed E-state index contributed by atoms with van der Waals surface area (Å²) >= 11 is 0. The molecule has 0 aliphatic carbocycles. The van der Waals surface area contributed by atoms with Gasteiger partial charge in [-0.05, 0) is 6.92 Å². The molecule has 44 valence electrons. The van der Waals surface area contributed by atoms with E-state index in [1.165, 1.54) is 13.3 Å². The first-order valence-electron chi connectivity index (χ1n) is 2.48. The molecule has 0 amide bonds. The molecule has 0 heterocycles. The van der Waals surface area contributed by atoms with Crippen molar-refractivity contribution in [2.45, 2.75) is 20.3 Å². The van der Waals surface area contributed by atoms with E-state index in [0.29, 0.717) is 0 Å². The molecular weight excluding hydrogens is 104 g/mol. The smallest absolute Gasteiger partial charge is 0.299 e. The lowest BCUT2D eigenvalue weighted by molar-refractivity contribution is -0.124. The fourth-order valence-corrected chi connectivity index (χ4v) is 0.347.